The highest BCUT2D eigenvalue weighted by molar-refractivity contribution is 6.32. The number of halogens is 1. The van der Waals surface area contributed by atoms with Gasteiger partial charge in [0.2, 0.25) is 11.8 Å². The van der Waals surface area contributed by atoms with Crippen LogP contribution in [0.3, 0.4) is 0 Å². The summed E-state index contributed by atoms with van der Waals surface area (Å²) in [6, 6.07) is 10.1. The van der Waals surface area contributed by atoms with Gasteiger partial charge in [-0.05, 0) is 61.1 Å². The number of nitrogens with zero attached hydrogens (tertiary/aromatic N) is 4. The number of aryl methyl sites for hydroxylation is 1. The van der Waals surface area contributed by atoms with Crippen LogP contribution in [0.25, 0.3) is 11.0 Å². The minimum atomic E-state index is -1.47. The molecule has 17 heteroatoms. The van der Waals surface area contributed by atoms with E-state index in [1.807, 2.05) is 0 Å². The lowest BCUT2D eigenvalue weighted by Crippen LogP contribution is -2.54. The van der Waals surface area contributed by atoms with Gasteiger partial charge in [0.05, 0.1) is 21.5 Å². The number of piperidine rings is 1. The molecule has 0 spiro atoms. The molecule has 2 fully saturated rings. The molecule has 4 amide bonds. The third kappa shape index (κ3) is 6.94. The van der Waals surface area contributed by atoms with Crippen LogP contribution in [-0.4, -0.2) is 95.1 Å². The average molecular weight is 761 g/mol. The van der Waals surface area contributed by atoms with Crippen LogP contribution in [0.15, 0.2) is 55.0 Å². The highest BCUT2D eigenvalue weighted by atomic mass is 35.5. The Morgan fingerprint density at radius 1 is 1.06 bits per heavy atom. The number of Topliss-reactive ketones (excluding diaryl/α,β-unsaturated/α-hetero) is 1. The Morgan fingerprint density at radius 3 is 2.67 bits per heavy atom. The summed E-state index contributed by atoms with van der Waals surface area (Å²) >= 11 is 6.34. The number of nitrogen functional groups attached to an aromatic ring is 1. The standard InChI is InChI=1S/C37H37ClN6O10/c38-23-10-9-19(28(47)31-29(48)30(49)37(54-31)43-14-13-22-32(39)40-17-41-33(22)43)15-25(23)53-16-20(45)7-3-1-2-5-18-6-4-8-21-27(18)36(52)44(35(21)51)24-11-12-26(46)42-34(24)50/h4,6,8-10,13-15,17,24,28-31,37,47-49H,1-3,5,7,11-12,16H2,(H2,39,40,41)(H,42,46,50)/t24?,28-,29+,30-,31-,37-/m1/s1. The Balaban J connectivity index is 0.899. The van der Waals surface area contributed by atoms with Gasteiger partial charge in [-0.1, -0.05) is 36.2 Å². The molecule has 2 aromatic carbocycles. The van der Waals surface area contributed by atoms with E-state index >= 15 is 0 Å². The number of aliphatic hydroxyl groups excluding tert-OH is 3. The highest BCUT2D eigenvalue weighted by Crippen LogP contribution is 2.39. The largest absolute Gasteiger partial charge is 0.484 e. The molecule has 6 atom stereocenters. The molecule has 54 heavy (non-hydrogen) atoms. The molecule has 5 heterocycles. The number of nitrogens with two attached hydrogens (primary N) is 1. The molecule has 0 aliphatic carbocycles. The molecule has 2 aromatic heterocycles. The van der Waals surface area contributed by atoms with E-state index in [0.29, 0.717) is 42.3 Å². The second-order valence-electron chi connectivity index (χ2n) is 13.5. The fourth-order valence-electron chi connectivity index (χ4n) is 7.21. The highest BCUT2D eigenvalue weighted by Gasteiger charge is 2.48. The number of aromatic nitrogens is 3. The van der Waals surface area contributed by atoms with Gasteiger partial charge in [-0.25, -0.2) is 9.97 Å². The number of ether oxygens (including phenoxy) is 2. The summed E-state index contributed by atoms with van der Waals surface area (Å²) in [5, 5.41) is 35.8. The predicted octanol–water partition coefficient (Wildman–Crippen LogP) is 2.17. The summed E-state index contributed by atoms with van der Waals surface area (Å²) in [7, 11) is 0. The second-order valence-corrected chi connectivity index (χ2v) is 13.9. The zero-order valence-electron chi connectivity index (χ0n) is 28.8. The number of ketones is 1. The van der Waals surface area contributed by atoms with Crippen molar-refractivity contribution in [1.82, 2.24) is 24.8 Å². The quantitative estimate of drug-likeness (QED) is 0.0972. The average Bonchev–Trinajstić information content (AvgIpc) is 3.79. The summed E-state index contributed by atoms with van der Waals surface area (Å²) < 4.78 is 13.2. The van der Waals surface area contributed by atoms with Crippen molar-refractivity contribution in [2.24, 2.45) is 0 Å². The van der Waals surface area contributed by atoms with Crippen LogP contribution in [0, 0.1) is 0 Å². The van der Waals surface area contributed by atoms with E-state index < -0.39 is 60.3 Å². The topological polar surface area (TPSA) is 236 Å². The Labute approximate surface area is 312 Å². The number of benzene rings is 2. The smallest absolute Gasteiger partial charge is 0.262 e. The molecule has 4 aromatic rings. The number of hydrogen-bond donors (Lipinski definition) is 5. The molecule has 3 aliphatic rings. The fourth-order valence-corrected chi connectivity index (χ4v) is 7.39. The van der Waals surface area contributed by atoms with Crippen molar-refractivity contribution in [3.63, 3.8) is 0 Å². The van der Waals surface area contributed by atoms with Crippen LogP contribution in [0.5, 0.6) is 5.75 Å². The Morgan fingerprint density at radius 2 is 1.87 bits per heavy atom. The fraction of sp³-hybridized carbons (Fsp3) is 0.378. The molecular formula is C37H37ClN6O10. The SMILES string of the molecule is Nc1ncnc2c1ccn2[C@@H]1O[C@H]([C@H](O)c2ccc(Cl)c(OCC(=O)CCCCCc3cccc4c3C(=O)N(C3CCC(=O)NC3=O)C4=O)c2)[C@@H](O)[C@H]1O. The van der Waals surface area contributed by atoms with E-state index in [0.717, 1.165) is 4.90 Å². The molecule has 0 saturated carbocycles. The van der Waals surface area contributed by atoms with Gasteiger partial charge in [0.25, 0.3) is 11.8 Å². The lowest BCUT2D eigenvalue weighted by Gasteiger charge is -2.27. The first kappa shape index (κ1) is 37.1. The minimum Gasteiger partial charge on any atom is -0.484 e. The number of amides is 4. The number of imide groups is 2. The second kappa shape index (κ2) is 15.2. The van der Waals surface area contributed by atoms with Crippen molar-refractivity contribution in [2.75, 3.05) is 12.3 Å². The van der Waals surface area contributed by atoms with Crippen LogP contribution in [0.2, 0.25) is 5.02 Å². The van der Waals surface area contributed by atoms with E-state index in [4.69, 9.17) is 26.8 Å². The van der Waals surface area contributed by atoms with Crippen LogP contribution in [0.1, 0.15) is 82.7 Å². The van der Waals surface area contributed by atoms with E-state index in [2.05, 4.69) is 15.3 Å². The summed E-state index contributed by atoms with van der Waals surface area (Å²) in [6.45, 7) is -0.284. The molecule has 0 bridgehead atoms. The molecule has 7 rings (SSSR count). The van der Waals surface area contributed by atoms with Crippen LogP contribution < -0.4 is 15.8 Å². The van der Waals surface area contributed by atoms with Crippen LogP contribution in [-0.2, 0) is 25.5 Å². The van der Waals surface area contributed by atoms with Gasteiger partial charge in [0.1, 0.15) is 60.6 Å². The monoisotopic (exact) mass is 760 g/mol. The predicted molar refractivity (Wildman–Crippen MR) is 190 cm³/mol. The maximum Gasteiger partial charge on any atom is 0.262 e. The number of hydrogen-bond acceptors (Lipinski definition) is 13. The van der Waals surface area contributed by atoms with Gasteiger partial charge in [0, 0.05) is 19.0 Å². The molecule has 16 nitrogen and oxygen atoms in total. The van der Waals surface area contributed by atoms with Crippen LogP contribution in [0.4, 0.5) is 5.82 Å². The van der Waals surface area contributed by atoms with Crippen molar-refractivity contribution in [3.8, 4) is 5.75 Å². The Hall–Kier alpha value is -5.26. The van der Waals surface area contributed by atoms with Gasteiger partial charge >= 0.3 is 0 Å². The van der Waals surface area contributed by atoms with E-state index in [1.165, 1.54) is 29.1 Å². The number of rotatable bonds is 13. The lowest BCUT2D eigenvalue weighted by atomic mass is 9.97. The number of carbonyl (C=O) groups excluding carboxylic acids is 5. The van der Waals surface area contributed by atoms with Crippen molar-refractivity contribution in [1.29, 1.82) is 0 Å². The molecule has 2 saturated heterocycles. The molecule has 3 aliphatic heterocycles. The maximum atomic E-state index is 13.3. The summed E-state index contributed by atoms with van der Waals surface area (Å²) in [4.78, 5) is 72.2. The number of fused-ring (bicyclic) bond motifs is 2. The maximum absolute atomic E-state index is 13.3. The Bertz CT molecular complexity index is 2160. The summed E-state index contributed by atoms with van der Waals surface area (Å²) in [6.07, 6.45) is -1.13. The van der Waals surface area contributed by atoms with E-state index in [1.54, 1.807) is 30.5 Å². The number of anilines is 1. The minimum absolute atomic E-state index is 0.0395. The number of unbranched alkanes of at least 4 members (excludes halogenated alkanes) is 2. The van der Waals surface area contributed by atoms with Gasteiger partial charge in [0.15, 0.2) is 12.0 Å². The number of nitrogens with one attached hydrogen (secondary N) is 1. The van der Waals surface area contributed by atoms with Crippen molar-refractivity contribution >= 4 is 57.9 Å². The summed E-state index contributed by atoms with van der Waals surface area (Å²) in [5.41, 5.74) is 7.74. The first-order valence-corrected chi connectivity index (χ1v) is 17.9. The molecule has 282 valence electrons. The number of aliphatic hydroxyl groups is 3. The third-order valence-electron chi connectivity index (χ3n) is 10.0. The Kier molecular flexibility index (Phi) is 10.5. The number of carbonyl (C=O) groups is 5. The molecule has 1 unspecified atom stereocenters. The van der Waals surface area contributed by atoms with Gasteiger partial charge < -0.3 is 35.1 Å². The molecular weight excluding hydrogens is 724 g/mol. The van der Waals surface area contributed by atoms with Crippen molar-refractivity contribution in [2.45, 2.75) is 81.6 Å². The first-order valence-electron chi connectivity index (χ1n) is 17.5. The van der Waals surface area contributed by atoms with Gasteiger partial charge in [-0.2, -0.15) is 0 Å². The zero-order chi connectivity index (χ0) is 38.3. The van der Waals surface area contributed by atoms with Gasteiger partial charge in [-0.15, -0.1) is 0 Å². The van der Waals surface area contributed by atoms with Crippen LogP contribution >= 0.6 is 11.6 Å². The van der Waals surface area contributed by atoms with E-state index in [-0.39, 0.29) is 64.9 Å². The van der Waals surface area contributed by atoms with Gasteiger partial charge in [-0.3, -0.25) is 34.2 Å². The first-order chi connectivity index (χ1) is 25.9. The normalized spacial score (nSPS) is 23.2. The molecule has 6 N–H and O–H groups in total. The van der Waals surface area contributed by atoms with E-state index in [9.17, 15) is 39.3 Å². The van der Waals surface area contributed by atoms with Crippen molar-refractivity contribution in [3.05, 3.63) is 82.3 Å². The zero-order valence-corrected chi connectivity index (χ0v) is 29.5. The molecule has 0 radical (unpaired) electrons. The summed E-state index contributed by atoms with van der Waals surface area (Å²) in [5.74, 6) is -2.03. The third-order valence-corrected chi connectivity index (χ3v) is 10.4. The lowest BCUT2D eigenvalue weighted by molar-refractivity contribution is -0.136. The van der Waals surface area contributed by atoms with Crippen molar-refractivity contribution < 1.29 is 48.8 Å².